The molecule has 0 radical (unpaired) electrons. The summed E-state index contributed by atoms with van der Waals surface area (Å²) in [6, 6.07) is 0. The summed E-state index contributed by atoms with van der Waals surface area (Å²) >= 11 is 0. The molecule has 0 aromatic carbocycles. The predicted octanol–water partition coefficient (Wildman–Crippen LogP) is 0.496. The molecule has 0 spiro atoms. The van der Waals surface area contributed by atoms with E-state index in [1.807, 2.05) is 4.90 Å². The molecule has 2 heterocycles. The van der Waals surface area contributed by atoms with E-state index in [0.717, 1.165) is 38.5 Å². The summed E-state index contributed by atoms with van der Waals surface area (Å²) in [4.78, 5) is 13.4. The van der Waals surface area contributed by atoms with Gasteiger partial charge in [-0.2, -0.15) is 0 Å². The van der Waals surface area contributed by atoms with Crippen molar-refractivity contribution in [2.75, 3.05) is 26.2 Å². The molecule has 2 aliphatic rings. The number of amides is 1. The molecular weight excluding hydrogens is 188 g/mol. The number of hydrogen-bond acceptors (Lipinski definition) is 2. The van der Waals surface area contributed by atoms with Crippen LogP contribution in [0.5, 0.6) is 0 Å². The number of nitrogens with zero attached hydrogens (tertiary/aromatic N) is 1. The summed E-state index contributed by atoms with van der Waals surface area (Å²) in [5.74, 6) is 1.70. The third-order valence-electron chi connectivity index (χ3n) is 3.11. The topological polar surface area (TPSA) is 32.3 Å². The minimum Gasteiger partial charge on any atom is -0.343 e. The Kier molecular flexibility index (Phi) is 3.56. The molecule has 2 unspecified atom stereocenters. The second-order valence-electron chi connectivity index (χ2n) is 3.81. The fourth-order valence-corrected chi connectivity index (χ4v) is 2.28. The largest absolute Gasteiger partial charge is 0.343 e. The Morgan fingerprint density at radius 1 is 1.46 bits per heavy atom. The predicted molar refractivity (Wildman–Crippen MR) is 54.0 cm³/mol. The summed E-state index contributed by atoms with van der Waals surface area (Å²) in [7, 11) is 0. The van der Waals surface area contributed by atoms with Gasteiger partial charge in [0.1, 0.15) is 0 Å². The van der Waals surface area contributed by atoms with Gasteiger partial charge in [-0.1, -0.05) is 0 Å². The van der Waals surface area contributed by atoms with Crippen molar-refractivity contribution >= 4 is 18.3 Å². The van der Waals surface area contributed by atoms with Gasteiger partial charge < -0.3 is 10.2 Å². The molecule has 0 bridgehead atoms. The number of carbonyl (C=O) groups excluding carboxylic acids is 1. The molecule has 2 fully saturated rings. The first-order valence-corrected chi connectivity index (χ1v) is 4.79. The summed E-state index contributed by atoms with van der Waals surface area (Å²) in [6.45, 7) is 6.07. The van der Waals surface area contributed by atoms with E-state index in [2.05, 4.69) is 12.2 Å². The molecule has 2 aliphatic heterocycles. The zero-order chi connectivity index (χ0) is 8.55. The highest BCUT2D eigenvalue weighted by molar-refractivity contribution is 5.85. The molecule has 0 aliphatic carbocycles. The Morgan fingerprint density at radius 2 is 2.15 bits per heavy atom. The van der Waals surface area contributed by atoms with E-state index in [1.54, 1.807) is 0 Å². The van der Waals surface area contributed by atoms with Crippen molar-refractivity contribution in [3.63, 3.8) is 0 Å². The Hall–Kier alpha value is -0.280. The number of likely N-dealkylation sites (tertiary alicyclic amines) is 1. The van der Waals surface area contributed by atoms with Crippen LogP contribution in [0.15, 0.2) is 0 Å². The fraction of sp³-hybridized carbons (Fsp3) is 0.889. The molecule has 13 heavy (non-hydrogen) atoms. The monoisotopic (exact) mass is 204 g/mol. The van der Waals surface area contributed by atoms with Crippen molar-refractivity contribution in [3.05, 3.63) is 0 Å². The molecule has 4 heteroatoms. The standard InChI is InChI=1S/C9H16N2O.ClH/c1-2-11-6-8-5-10-4-7(8)3-9(11)12;/h7-8,10H,2-6H2,1H3;1H. The van der Waals surface area contributed by atoms with E-state index >= 15 is 0 Å². The zero-order valence-corrected chi connectivity index (χ0v) is 8.77. The van der Waals surface area contributed by atoms with Gasteiger partial charge in [0.25, 0.3) is 0 Å². The molecule has 2 rings (SSSR count). The lowest BCUT2D eigenvalue weighted by atomic mass is 9.88. The van der Waals surface area contributed by atoms with Crippen molar-refractivity contribution in [1.29, 1.82) is 0 Å². The van der Waals surface area contributed by atoms with Gasteiger partial charge in [0, 0.05) is 19.5 Å². The Bertz CT molecular complexity index is 198. The number of halogens is 1. The molecule has 0 aromatic rings. The van der Waals surface area contributed by atoms with Gasteiger partial charge in [-0.25, -0.2) is 0 Å². The van der Waals surface area contributed by atoms with Crippen LogP contribution in [0.2, 0.25) is 0 Å². The third-order valence-corrected chi connectivity index (χ3v) is 3.11. The van der Waals surface area contributed by atoms with E-state index in [9.17, 15) is 4.79 Å². The smallest absolute Gasteiger partial charge is 0.222 e. The van der Waals surface area contributed by atoms with Gasteiger partial charge in [0.05, 0.1) is 0 Å². The molecule has 1 N–H and O–H groups in total. The van der Waals surface area contributed by atoms with Crippen LogP contribution in [0.1, 0.15) is 13.3 Å². The Labute approximate surface area is 85.3 Å². The quantitative estimate of drug-likeness (QED) is 0.675. The van der Waals surface area contributed by atoms with Crippen molar-refractivity contribution < 1.29 is 4.79 Å². The lowest BCUT2D eigenvalue weighted by molar-refractivity contribution is -0.135. The van der Waals surface area contributed by atoms with Crippen LogP contribution in [0.25, 0.3) is 0 Å². The normalized spacial score (nSPS) is 32.7. The zero-order valence-electron chi connectivity index (χ0n) is 7.95. The van der Waals surface area contributed by atoms with E-state index in [1.165, 1.54) is 0 Å². The first-order chi connectivity index (χ1) is 5.81. The van der Waals surface area contributed by atoms with Gasteiger partial charge in [-0.3, -0.25) is 4.79 Å². The maximum atomic E-state index is 11.5. The summed E-state index contributed by atoms with van der Waals surface area (Å²) in [6.07, 6.45) is 0.769. The van der Waals surface area contributed by atoms with Crippen molar-refractivity contribution in [2.24, 2.45) is 11.8 Å². The fourth-order valence-electron chi connectivity index (χ4n) is 2.28. The summed E-state index contributed by atoms with van der Waals surface area (Å²) < 4.78 is 0. The molecule has 2 saturated heterocycles. The Balaban J connectivity index is 0.000000845. The number of hydrogen-bond donors (Lipinski definition) is 1. The highest BCUT2D eigenvalue weighted by atomic mass is 35.5. The van der Waals surface area contributed by atoms with Crippen LogP contribution >= 0.6 is 12.4 Å². The average molecular weight is 205 g/mol. The number of rotatable bonds is 1. The van der Waals surface area contributed by atoms with Crippen molar-refractivity contribution in [2.45, 2.75) is 13.3 Å². The molecule has 0 saturated carbocycles. The van der Waals surface area contributed by atoms with Gasteiger partial charge >= 0.3 is 0 Å². The van der Waals surface area contributed by atoms with Crippen LogP contribution in [0, 0.1) is 11.8 Å². The number of nitrogens with one attached hydrogen (secondary N) is 1. The minimum atomic E-state index is 0. The number of fused-ring (bicyclic) bond motifs is 1. The van der Waals surface area contributed by atoms with Gasteiger partial charge in [-0.15, -0.1) is 12.4 Å². The lowest BCUT2D eigenvalue weighted by Crippen LogP contribution is -2.43. The first-order valence-electron chi connectivity index (χ1n) is 4.79. The molecular formula is C9H17ClN2O. The number of piperidine rings is 1. The van der Waals surface area contributed by atoms with E-state index < -0.39 is 0 Å². The average Bonchev–Trinajstić information content (AvgIpc) is 2.49. The maximum Gasteiger partial charge on any atom is 0.222 e. The van der Waals surface area contributed by atoms with Gasteiger partial charge in [0.15, 0.2) is 0 Å². The van der Waals surface area contributed by atoms with E-state index in [-0.39, 0.29) is 12.4 Å². The number of carbonyl (C=O) groups is 1. The Morgan fingerprint density at radius 3 is 2.85 bits per heavy atom. The van der Waals surface area contributed by atoms with Crippen LogP contribution in [-0.4, -0.2) is 37.0 Å². The van der Waals surface area contributed by atoms with Crippen LogP contribution in [0.4, 0.5) is 0 Å². The van der Waals surface area contributed by atoms with Crippen molar-refractivity contribution in [1.82, 2.24) is 10.2 Å². The second kappa shape index (κ2) is 4.29. The molecule has 1 amide bonds. The van der Waals surface area contributed by atoms with E-state index in [0.29, 0.717) is 11.8 Å². The van der Waals surface area contributed by atoms with E-state index in [4.69, 9.17) is 0 Å². The molecule has 0 aromatic heterocycles. The lowest BCUT2D eigenvalue weighted by Gasteiger charge is -2.33. The van der Waals surface area contributed by atoms with Crippen LogP contribution in [-0.2, 0) is 4.79 Å². The second-order valence-corrected chi connectivity index (χ2v) is 3.81. The maximum absolute atomic E-state index is 11.5. The van der Waals surface area contributed by atoms with Crippen LogP contribution < -0.4 is 5.32 Å². The SMILES string of the molecule is CCN1CC2CNCC2CC1=O.Cl. The summed E-state index contributed by atoms with van der Waals surface area (Å²) in [5, 5.41) is 3.35. The van der Waals surface area contributed by atoms with Gasteiger partial charge in [-0.05, 0) is 31.8 Å². The molecule has 76 valence electrons. The summed E-state index contributed by atoms with van der Waals surface area (Å²) in [5.41, 5.74) is 0. The first kappa shape index (κ1) is 10.8. The highest BCUT2D eigenvalue weighted by Crippen LogP contribution is 2.26. The van der Waals surface area contributed by atoms with Crippen molar-refractivity contribution in [3.8, 4) is 0 Å². The highest BCUT2D eigenvalue weighted by Gasteiger charge is 2.35. The minimum absolute atomic E-state index is 0. The third kappa shape index (κ3) is 1.97. The molecule has 2 atom stereocenters. The van der Waals surface area contributed by atoms with Gasteiger partial charge in [0.2, 0.25) is 5.91 Å². The van der Waals surface area contributed by atoms with Crippen LogP contribution in [0.3, 0.4) is 0 Å². The molecule has 3 nitrogen and oxygen atoms in total.